The number of rotatable bonds is 1. The first-order chi connectivity index (χ1) is 4.33. The van der Waals surface area contributed by atoms with Crippen LogP contribution < -0.4 is 0 Å². The maximum atomic E-state index is 8.94. The van der Waals surface area contributed by atoms with Crippen molar-refractivity contribution in [3.8, 4) is 0 Å². The minimum Gasteiger partial charge on any atom is -0.393 e. The van der Waals surface area contributed by atoms with Gasteiger partial charge in [0.1, 0.15) is 0 Å². The molecule has 0 amide bonds. The lowest BCUT2D eigenvalue weighted by atomic mass is 10.3. The van der Waals surface area contributed by atoms with Crippen molar-refractivity contribution >= 4 is 0 Å². The molecule has 0 saturated heterocycles. The van der Waals surface area contributed by atoms with E-state index in [4.69, 9.17) is 10.6 Å². The number of hydrogen-bond acceptors (Lipinski definition) is 2. The van der Waals surface area contributed by atoms with Crippen molar-refractivity contribution in [3.63, 3.8) is 0 Å². The molecule has 1 rings (SSSR count). The van der Waals surface area contributed by atoms with Crippen molar-refractivity contribution in [1.29, 1.82) is 0 Å². The molecule has 0 radical (unpaired) electrons. The highest BCUT2D eigenvalue weighted by atomic mass is 16.3. The van der Waals surface area contributed by atoms with Crippen LogP contribution in [0.25, 0.3) is 10.4 Å². The lowest BCUT2D eigenvalue weighted by molar-refractivity contribution is 0.181. The molecule has 0 aromatic carbocycles. The molecule has 0 spiro atoms. The van der Waals surface area contributed by atoms with Gasteiger partial charge in [0.25, 0.3) is 0 Å². The Balaban J connectivity index is 2.38. The van der Waals surface area contributed by atoms with E-state index in [2.05, 4.69) is 10.0 Å². The Morgan fingerprint density at radius 1 is 1.56 bits per heavy atom. The summed E-state index contributed by atoms with van der Waals surface area (Å²) in [6, 6.07) is 0.0463. The molecule has 1 N–H and O–H groups in total. The quantitative estimate of drug-likeness (QED) is 0.321. The summed E-state index contributed by atoms with van der Waals surface area (Å²) in [4.78, 5) is 2.67. The van der Waals surface area contributed by atoms with Gasteiger partial charge < -0.3 is 5.11 Å². The molecule has 2 unspecified atom stereocenters. The lowest BCUT2D eigenvalue weighted by Crippen LogP contribution is -2.00. The van der Waals surface area contributed by atoms with Gasteiger partial charge in [0.05, 0.1) is 6.10 Å². The number of azide groups is 1. The second kappa shape index (κ2) is 2.71. The molecule has 2 atom stereocenters. The third-order valence-corrected chi connectivity index (χ3v) is 1.59. The van der Waals surface area contributed by atoms with E-state index < -0.39 is 0 Å². The van der Waals surface area contributed by atoms with Crippen molar-refractivity contribution in [3.05, 3.63) is 10.4 Å². The fraction of sp³-hybridized carbons (Fsp3) is 1.00. The Morgan fingerprint density at radius 2 is 2.33 bits per heavy atom. The molecule has 9 heavy (non-hydrogen) atoms. The number of hydrogen-bond donors (Lipinski definition) is 1. The first-order valence-electron chi connectivity index (χ1n) is 3.05. The molecule has 1 saturated carbocycles. The molecule has 4 nitrogen and oxygen atoms in total. The topological polar surface area (TPSA) is 69.0 Å². The number of aliphatic hydroxyl groups excluding tert-OH is 1. The van der Waals surface area contributed by atoms with Crippen LogP contribution in [0, 0.1) is 0 Å². The van der Waals surface area contributed by atoms with Crippen LogP contribution in [0.5, 0.6) is 0 Å². The van der Waals surface area contributed by atoms with Crippen LogP contribution in [0.2, 0.25) is 0 Å². The Morgan fingerprint density at radius 3 is 2.78 bits per heavy atom. The predicted molar refractivity (Wildman–Crippen MR) is 32.8 cm³/mol. The highest BCUT2D eigenvalue weighted by Crippen LogP contribution is 2.21. The van der Waals surface area contributed by atoms with E-state index in [0.29, 0.717) is 6.42 Å². The van der Waals surface area contributed by atoms with E-state index in [1.165, 1.54) is 0 Å². The average molecular weight is 127 g/mol. The third-order valence-electron chi connectivity index (χ3n) is 1.59. The van der Waals surface area contributed by atoms with E-state index in [1.807, 2.05) is 0 Å². The first kappa shape index (κ1) is 6.39. The number of nitrogens with zero attached hydrogens (tertiary/aromatic N) is 3. The third kappa shape index (κ3) is 1.59. The fourth-order valence-corrected chi connectivity index (χ4v) is 1.11. The van der Waals surface area contributed by atoms with Gasteiger partial charge in [0.2, 0.25) is 0 Å². The minimum absolute atomic E-state index is 0.0463. The van der Waals surface area contributed by atoms with Crippen LogP contribution in [0.3, 0.4) is 0 Å². The molecular weight excluding hydrogens is 118 g/mol. The SMILES string of the molecule is [N-]=[N+]=NC1CCC(O)C1. The van der Waals surface area contributed by atoms with E-state index in [-0.39, 0.29) is 12.1 Å². The van der Waals surface area contributed by atoms with Gasteiger partial charge in [0, 0.05) is 11.0 Å². The molecule has 1 aliphatic carbocycles. The molecule has 0 heterocycles. The van der Waals surface area contributed by atoms with E-state index in [1.54, 1.807) is 0 Å². The summed E-state index contributed by atoms with van der Waals surface area (Å²) in [6.45, 7) is 0. The highest BCUT2D eigenvalue weighted by Gasteiger charge is 2.20. The van der Waals surface area contributed by atoms with Crippen molar-refractivity contribution in [1.82, 2.24) is 0 Å². The van der Waals surface area contributed by atoms with Gasteiger partial charge in [-0.3, -0.25) is 0 Å². The van der Waals surface area contributed by atoms with Gasteiger partial charge in [0.15, 0.2) is 0 Å². The van der Waals surface area contributed by atoms with E-state index >= 15 is 0 Å². The lowest BCUT2D eigenvalue weighted by Gasteiger charge is -1.96. The van der Waals surface area contributed by atoms with Crippen LogP contribution in [-0.4, -0.2) is 17.3 Å². The van der Waals surface area contributed by atoms with Crippen LogP contribution in [0.4, 0.5) is 0 Å². The largest absolute Gasteiger partial charge is 0.393 e. The zero-order valence-electron chi connectivity index (χ0n) is 5.06. The monoisotopic (exact) mass is 127 g/mol. The Hall–Kier alpha value is -0.730. The van der Waals surface area contributed by atoms with Crippen molar-refractivity contribution < 1.29 is 5.11 Å². The number of aliphatic hydroxyl groups is 1. The average Bonchev–Trinajstić information content (AvgIpc) is 2.17. The summed E-state index contributed by atoms with van der Waals surface area (Å²) < 4.78 is 0. The smallest absolute Gasteiger partial charge is 0.0544 e. The summed E-state index contributed by atoms with van der Waals surface area (Å²) in [5, 5.41) is 12.4. The standard InChI is InChI=1S/C5H9N3O/c6-8-7-4-1-2-5(9)3-4/h4-5,9H,1-3H2. The van der Waals surface area contributed by atoms with Gasteiger partial charge >= 0.3 is 0 Å². The van der Waals surface area contributed by atoms with Crippen LogP contribution in [0.15, 0.2) is 5.11 Å². The van der Waals surface area contributed by atoms with Gasteiger partial charge in [-0.25, -0.2) is 0 Å². The minimum atomic E-state index is -0.236. The van der Waals surface area contributed by atoms with Crippen molar-refractivity contribution in [2.24, 2.45) is 5.11 Å². The highest BCUT2D eigenvalue weighted by molar-refractivity contribution is 4.79. The molecule has 0 bridgehead atoms. The summed E-state index contributed by atoms with van der Waals surface area (Å²) in [5.74, 6) is 0. The maximum absolute atomic E-state index is 8.94. The zero-order chi connectivity index (χ0) is 6.69. The Kier molecular flexibility index (Phi) is 1.92. The molecule has 0 aliphatic heterocycles. The molecule has 1 fully saturated rings. The summed E-state index contributed by atoms with van der Waals surface area (Å²) in [6.07, 6.45) is 2.03. The van der Waals surface area contributed by atoms with E-state index in [0.717, 1.165) is 12.8 Å². The molecule has 0 aromatic rings. The molecule has 4 heteroatoms. The van der Waals surface area contributed by atoms with E-state index in [9.17, 15) is 0 Å². The predicted octanol–water partition coefficient (Wildman–Crippen LogP) is 1.21. The van der Waals surface area contributed by atoms with Crippen molar-refractivity contribution in [2.75, 3.05) is 0 Å². The summed E-state index contributed by atoms with van der Waals surface area (Å²) in [7, 11) is 0. The van der Waals surface area contributed by atoms with Crippen molar-refractivity contribution in [2.45, 2.75) is 31.4 Å². The Bertz CT molecular complexity index is 141. The normalized spacial score (nSPS) is 33.9. The van der Waals surface area contributed by atoms with Gasteiger partial charge in [-0.2, -0.15) is 0 Å². The summed E-state index contributed by atoms with van der Waals surface area (Å²) in [5.41, 5.74) is 7.99. The Labute approximate surface area is 53.1 Å². The maximum Gasteiger partial charge on any atom is 0.0544 e. The fourth-order valence-electron chi connectivity index (χ4n) is 1.11. The van der Waals surface area contributed by atoms with Crippen LogP contribution >= 0.6 is 0 Å². The second-order valence-electron chi connectivity index (χ2n) is 2.33. The summed E-state index contributed by atoms with van der Waals surface area (Å²) >= 11 is 0. The van der Waals surface area contributed by atoms with Gasteiger partial charge in [-0.1, -0.05) is 5.11 Å². The first-order valence-corrected chi connectivity index (χ1v) is 3.05. The van der Waals surface area contributed by atoms with Crippen LogP contribution in [0.1, 0.15) is 19.3 Å². The van der Waals surface area contributed by atoms with Gasteiger partial charge in [-0.15, -0.1) is 0 Å². The molecule has 50 valence electrons. The zero-order valence-corrected chi connectivity index (χ0v) is 5.06. The van der Waals surface area contributed by atoms with Crippen LogP contribution in [-0.2, 0) is 0 Å². The molecular formula is C5H9N3O. The molecule has 1 aliphatic rings. The van der Waals surface area contributed by atoms with Gasteiger partial charge in [-0.05, 0) is 24.8 Å². The second-order valence-corrected chi connectivity index (χ2v) is 2.33. The molecule has 0 aromatic heterocycles.